The number of nitrogens with zero attached hydrogens (tertiary/aromatic N) is 3. The van der Waals surface area contributed by atoms with Crippen molar-refractivity contribution in [2.75, 3.05) is 18.4 Å². The number of likely N-dealkylation sites (tertiary alicyclic amines) is 1. The standard InChI is InChI=1S/C14H17F3N4O/c15-14(16,17)8-21-6-2-5-11(21)13(22)18-12-7-9-3-1-4-10(9)19-20-12/h7,11H,1-6,8H2,(H,18,20,22). The summed E-state index contributed by atoms with van der Waals surface area (Å²) in [4.78, 5) is 13.4. The summed E-state index contributed by atoms with van der Waals surface area (Å²) in [6, 6.07) is 1.02. The van der Waals surface area contributed by atoms with Crippen molar-refractivity contribution < 1.29 is 18.0 Å². The van der Waals surface area contributed by atoms with Crippen LogP contribution >= 0.6 is 0 Å². The van der Waals surface area contributed by atoms with Crippen molar-refractivity contribution in [3.63, 3.8) is 0 Å². The van der Waals surface area contributed by atoms with Crippen LogP contribution in [0.1, 0.15) is 30.5 Å². The van der Waals surface area contributed by atoms with E-state index in [1.54, 1.807) is 6.07 Å². The zero-order valence-electron chi connectivity index (χ0n) is 12.0. The zero-order chi connectivity index (χ0) is 15.7. The van der Waals surface area contributed by atoms with Gasteiger partial charge in [-0.25, -0.2) is 0 Å². The molecule has 1 aliphatic carbocycles. The van der Waals surface area contributed by atoms with Crippen molar-refractivity contribution in [1.29, 1.82) is 0 Å². The molecule has 1 N–H and O–H groups in total. The lowest BCUT2D eigenvalue weighted by molar-refractivity contribution is -0.150. The molecule has 2 heterocycles. The zero-order valence-corrected chi connectivity index (χ0v) is 12.0. The minimum Gasteiger partial charge on any atom is -0.308 e. The Hall–Kier alpha value is -1.70. The molecule has 1 amide bonds. The van der Waals surface area contributed by atoms with Crippen LogP contribution in [0.4, 0.5) is 19.0 Å². The Labute approximate surface area is 125 Å². The van der Waals surface area contributed by atoms with Crippen LogP contribution < -0.4 is 5.32 Å². The summed E-state index contributed by atoms with van der Waals surface area (Å²) in [6.07, 6.45) is -0.472. The van der Waals surface area contributed by atoms with Gasteiger partial charge in [0.05, 0.1) is 18.3 Å². The average molecular weight is 314 g/mol. The maximum absolute atomic E-state index is 12.5. The molecular weight excluding hydrogens is 297 g/mol. The van der Waals surface area contributed by atoms with E-state index < -0.39 is 24.7 Å². The van der Waals surface area contributed by atoms with Gasteiger partial charge >= 0.3 is 6.18 Å². The fraction of sp³-hybridized carbons (Fsp3) is 0.643. The first-order valence-electron chi connectivity index (χ1n) is 7.39. The van der Waals surface area contributed by atoms with Crippen molar-refractivity contribution >= 4 is 11.7 Å². The van der Waals surface area contributed by atoms with Gasteiger partial charge in [0.1, 0.15) is 0 Å². The van der Waals surface area contributed by atoms with Crippen molar-refractivity contribution in [3.8, 4) is 0 Å². The molecule has 1 unspecified atom stereocenters. The van der Waals surface area contributed by atoms with Gasteiger partial charge in [0.15, 0.2) is 5.82 Å². The molecule has 1 saturated heterocycles. The molecule has 1 aromatic rings. The van der Waals surface area contributed by atoms with Gasteiger partial charge in [0.2, 0.25) is 5.91 Å². The second-order valence-electron chi connectivity index (χ2n) is 5.79. The number of aryl methyl sites for hydroxylation is 2. The van der Waals surface area contributed by atoms with Crippen LogP contribution in [0.5, 0.6) is 0 Å². The molecule has 0 saturated carbocycles. The number of carbonyl (C=O) groups excluding carboxylic acids is 1. The molecule has 1 aliphatic heterocycles. The number of anilines is 1. The maximum Gasteiger partial charge on any atom is 0.401 e. The maximum atomic E-state index is 12.5. The molecule has 22 heavy (non-hydrogen) atoms. The second kappa shape index (κ2) is 5.83. The third kappa shape index (κ3) is 3.37. The summed E-state index contributed by atoms with van der Waals surface area (Å²) in [5, 5.41) is 10.6. The minimum atomic E-state index is -4.30. The van der Waals surface area contributed by atoms with Crippen LogP contribution in [0, 0.1) is 0 Å². The van der Waals surface area contributed by atoms with E-state index in [0.717, 1.165) is 30.5 Å². The van der Waals surface area contributed by atoms with E-state index in [0.29, 0.717) is 18.7 Å². The Morgan fingerprint density at radius 3 is 2.91 bits per heavy atom. The van der Waals surface area contributed by atoms with Gasteiger partial charge in [-0.2, -0.15) is 18.3 Å². The van der Waals surface area contributed by atoms with Gasteiger partial charge in [0.25, 0.3) is 0 Å². The number of nitrogens with one attached hydrogen (secondary N) is 1. The molecule has 0 bridgehead atoms. The average Bonchev–Trinajstić information content (AvgIpc) is 3.04. The Kier molecular flexibility index (Phi) is 4.03. The highest BCUT2D eigenvalue weighted by molar-refractivity contribution is 5.94. The minimum absolute atomic E-state index is 0.285. The lowest BCUT2D eigenvalue weighted by atomic mass is 10.2. The number of rotatable bonds is 3. The normalized spacial score (nSPS) is 21.9. The smallest absolute Gasteiger partial charge is 0.308 e. The summed E-state index contributed by atoms with van der Waals surface area (Å²) in [7, 11) is 0. The van der Waals surface area contributed by atoms with E-state index in [1.165, 1.54) is 4.90 Å². The first-order chi connectivity index (χ1) is 10.4. The molecule has 5 nitrogen and oxygen atoms in total. The molecule has 2 aliphatic rings. The van der Waals surface area contributed by atoms with Crippen LogP contribution in [0.2, 0.25) is 0 Å². The number of hydrogen-bond donors (Lipinski definition) is 1. The van der Waals surface area contributed by atoms with Crippen LogP contribution in [-0.2, 0) is 17.6 Å². The fourth-order valence-corrected chi connectivity index (χ4v) is 3.14. The quantitative estimate of drug-likeness (QED) is 0.926. The van der Waals surface area contributed by atoms with Crippen LogP contribution in [0.15, 0.2) is 6.07 Å². The predicted octanol–water partition coefficient (Wildman–Crippen LogP) is 1.93. The van der Waals surface area contributed by atoms with E-state index in [9.17, 15) is 18.0 Å². The molecular formula is C14H17F3N4O. The van der Waals surface area contributed by atoms with Crippen molar-refractivity contribution in [3.05, 3.63) is 17.3 Å². The number of hydrogen-bond acceptors (Lipinski definition) is 4. The molecule has 1 atom stereocenters. The first kappa shape index (κ1) is 15.2. The number of aromatic nitrogens is 2. The molecule has 120 valence electrons. The SMILES string of the molecule is O=C(Nc1cc2c(nn1)CCC2)C1CCCN1CC(F)(F)F. The highest BCUT2D eigenvalue weighted by Crippen LogP contribution is 2.25. The number of amides is 1. The van der Waals surface area contributed by atoms with E-state index in [-0.39, 0.29) is 6.54 Å². The summed E-state index contributed by atoms with van der Waals surface area (Å²) < 4.78 is 37.6. The summed E-state index contributed by atoms with van der Waals surface area (Å²) in [6.45, 7) is -0.769. The number of carbonyl (C=O) groups is 1. The highest BCUT2D eigenvalue weighted by atomic mass is 19.4. The van der Waals surface area contributed by atoms with Crippen molar-refractivity contribution in [2.24, 2.45) is 0 Å². The Morgan fingerprint density at radius 2 is 2.14 bits per heavy atom. The number of fused-ring (bicyclic) bond motifs is 1. The molecule has 1 fully saturated rings. The highest BCUT2D eigenvalue weighted by Gasteiger charge is 2.39. The summed E-state index contributed by atoms with van der Waals surface area (Å²) in [5.41, 5.74) is 2.00. The Morgan fingerprint density at radius 1 is 1.32 bits per heavy atom. The van der Waals surface area contributed by atoms with Gasteiger partial charge in [0, 0.05) is 0 Å². The van der Waals surface area contributed by atoms with Crippen molar-refractivity contribution in [2.45, 2.75) is 44.3 Å². The predicted molar refractivity (Wildman–Crippen MR) is 73.3 cm³/mol. The largest absolute Gasteiger partial charge is 0.401 e. The molecule has 8 heteroatoms. The Balaban J connectivity index is 1.66. The first-order valence-corrected chi connectivity index (χ1v) is 7.39. The van der Waals surface area contributed by atoms with Gasteiger partial charge in [-0.15, -0.1) is 5.10 Å². The number of halogens is 3. The molecule has 0 radical (unpaired) electrons. The van der Waals surface area contributed by atoms with Crippen LogP contribution in [0.25, 0.3) is 0 Å². The summed E-state index contributed by atoms with van der Waals surface area (Å²) in [5.74, 6) is -0.112. The van der Waals surface area contributed by atoms with Gasteiger partial charge in [-0.1, -0.05) is 0 Å². The Bertz CT molecular complexity index is 576. The van der Waals surface area contributed by atoms with Crippen molar-refractivity contribution in [1.82, 2.24) is 15.1 Å². The fourth-order valence-electron chi connectivity index (χ4n) is 3.14. The van der Waals surface area contributed by atoms with Gasteiger partial charge < -0.3 is 5.32 Å². The van der Waals surface area contributed by atoms with E-state index in [1.807, 2.05) is 0 Å². The van der Waals surface area contributed by atoms with E-state index in [4.69, 9.17) is 0 Å². The lowest BCUT2D eigenvalue weighted by Gasteiger charge is -2.24. The third-order valence-corrected chi connectivity index (χ3v) is 4.12. The summed E-state index contributed by atoms with van der Waals surface area (Å²) >= 11 is 0. The molecule has 1 aromatic heterocycles. The van der Waals surface area contributed by atoms with Crippen LogP contribution in [-0.4, -0.2) is 46.3 Å². The van der Waals surface area contributed by atoms with Crippen LogP contribution in [0.3, 0.4) is 0 Å². The molecule has 0 aromatic carbocycles. The van der Waals surface area contributed by atoms with E-state index >= 15 is 0 Å². The third-order valence-electron chi connectivity index (χ3n) is 4.12. The monoisotopic (exact) mass is 314 g/mol. The molecule has 0 spiro atoms. The number of alkyl halides is 3. The topological polar surface area (TPSA) is 58.1 Å². The van der Waals surface area contributed by atoms with Gasteiger partial charge in [-0.3, -0.25) is 9.69 Å². The van der Waals surface area contributed by atoms with E-state index in [2.05, 4.69) is 15.5 Å². The van der Waals surface area contributed by atoms with Gasteiger partial charge in [-0.05, 0) is 50.3 Å². The lowest BCUT2D eigenvalue weighted by Crippen LogP contribution is -2.44. The molecule has 3 rings (SSSR count). The second-order valence-corrected chi connectivity index (χ2v) is 5.79.